The maximum atomic E-state index is 12.2. The average Bonchev–Trinajstić information content (AvgIpc) is 2.92. The fourth-order valence-electron chi connectivity index (χ4n) is 2.50. The van der Waals surface area contributed by atoms with Gasteiger partial charge in [0.05, 0.1) is 0 Å². The van der Waals surface area contributed by atoms with Gasteiger partial charge in [-0.25, -0.2) is 9.59 Å². The van der Waals surface area contributed by atoms with E-state index in [9.17, 15) is 9.59 Å². The molecular weight excluding hydrogens is 312 g/mol. The van der Waals surface area contributed by atoms with E-state index in [0.717, 1.165) is 5.56 Å². The molecule has 0 aliphatic carbocycles. The third-order valence-electron chi connectivity index (χ3n) is 3.69. The number of rotatable bonds is 4. The normalized spacial score (nSPS) is 11.0. The molecule has 0 aliphatic rings. The van der Waals surface area contributed by atoms with Gasteiger partial charge in [-0.05, 0) is 31.5 Å². The standard InChI is InChI=1S/C18H16O6/c1-10-3-4-14-12(6-17(20)24-16(14)5-10)9-22-18(21)15-7-13(8-19)23-11(15)2/h3-7,19H,8-9H2,1-2H3. The minimum absolute atomic E-state index is 0.0664. The average molecular weight is 328 g/mol. The smallest absolute Gasteiger partial charge is 0.342 e. The van der Waals surface area contributed by atoms with E-state index in [1.165, 1.54) is 12.1 Å². The summed E-state index contributed by atoms with van der Waals surface area (Å²) < 4.78 is 15.7. The van der Waals surface area contributed by atoms with Crippen molar-refractivity contribution in [3.05, 3.63) is 69.0 Å². The van der Waals surface area contributed by atoms with Crippen LogP contribution < -0.4 is 5.63 Å². The van der Waals surface area contributed by atoms with Crippen LogP contribution in [0.15, 0.2) is 44.0 Å². The molecule has 2 heterocycles. The fourth-order valence-corrected chi connectivity index (χ4v) is 2.50. The summed E-state index contributed by atoms with van der Waals surface area (Å²) in [5.41, 5.74) is 1.74. The van der Waals surface area contributed by atoms with Gasteiger partial charge in [-0.1, -0.05) is 12.1 Å². The first kappa shape index (κ1) is 16.0. The maximum Gasteiger partial charge on any atom is 0.342 e. The Balaban J connectivity index is 1.86. The number of carbonyl (C=O) groups excluding carboxylic acids is 1. The molecule has 0 unspecified atom stereocenters. The molecule has 0 saturated heterocycles. The molecule has 0 spiro atoms. The Morgan fingerprint density at radius 2 is 1.96 bits per heavy atom. The number of ether oxygens (including phenoxy) is 1. The summed E-state index contributed by atoms with van der Waals surface area (Å²) >= 11 is 0. The first-order valence-electron chi connectivity index (χ1n) is 7.38. The number of benzene rings is 1. The summed E-state index contributed by atoms with van der Waals surface area (Å²) in [4.78, 5) is 23.9. The first-order chi connectivity index (χ1) is 11.5. The van der Waals surface area contributed by atoms with Crippen molar-refractivity contribution < 1.29 is 23.5 Å². The van der Waals surface area contributed by atoms with E-state index in [2.05, 4.69) is 0 Å². The van der Waals surface area contributed by atoms with Gasteiger partial charge in [0, 0.05) is 17.0 Å². The molecule has 0 radical (unpaired) electrons. The van der Waals surface area contributed by atoms with Crippen molar-refractivity contribution in [3.8, 4) is 0 Å². The Morgan fingerprint density at radius 3 is 2.67 bits per heavy atom. The number of esters is 1. The van der Waals surface area contributed by atoms with E-state index < -0.39 is 11.6 Å². The van der Waals surface area contributed by atoms with Crippen molar-refractivity contribution in [1.29, 1.82) is 0 Å². The van der Waals surface area contributed by atoms with Crippen LogP contribution in [-0.4, -0.2) is 11.1 Å². The number of carbonyl (C=O) groups is 1. The summed E-state index contributed by atoms with van der Waals surface area (Å²) in [5, 5.41) is 9.76. The number of fused-ring (bicyclic) bond motifs is 1. The topological polar surface area (TPSA) is 89.9 Å². The molecule has 0 bridgehead atoms. The van der Waals surface area contributed by atoms with E-state index in [0.29, 0.717) is 28.1 Å². The zero-order chi connectivity index (χ0) is 17.3. The Morgan fingerprint density at radius 1 is 1.17 bits per heavy atom. The Kier molecular flexibility index (Phi) is 4.22. The molecule has 24 heavy (non-hydrogen) atoms. The highest BCUT2D eigenvalue weighted by atomic mass is 16.5. The highest BCUT2D eigenvalue weighted by molar-refractivity contribution is 5.91. The van der Waals surface area contributed by atoms with Gasteiger partial charge in [-0.2, -0.15) is 0 Å². The number of hydrogen-bond donors (Lipinski definition) is 1. The van der Waals surface area contributed by atoms with Crippen LogP contribution >= 0.6 is 0 Å². The van der Waals surface area contributed by atoms with Crippen molar-refractivity contribution in [1.82, 2.24) is 0 Å². The molecule has 0 aliphatic heterocycles. The molecular formula is C18H16O6. The quantitative estimate of drug-likeness (QED) is 0.585. The zero-order valence-corrected chi connectivity index (χ0v) is 13.3. The lowest BCUT2D eigenvalue weighted by molar-refractivity contribution is 0.0472. The lowest BCUT2D eigenvalue weighted by Gasteiger charge is -2.07. The van der Waals surface area contributed by atoms with E-state index in [1.54, 1.807) is 13.0 Å². The third-order valence-corrected chi connectivity index (χ3v) is 3.69. The Bertz CT molecular complexity index is 963. The lowest BCUT2D eigenvalue weighted by Crippen LogP contribution is -2.08. The number of hydrogen-bond acceptors (Lipinski definition) is 6. The molecule has 3 aromatic rings. The maximum absolute atomic E-state index is 12.2. The molecule has 6 nitrogen and oxygen atoms in total. The summed E-state index contributed by atoms with van der Waals surface area (Å²) in [6.07, 6.45) is 0. The molecule has 2 aromatic heterocycles. The van der Waals surface area contributed by atoms with Crippen LogP contribution in [0.4, 0.5) is 0 Å². The van der Waals surface area contributed by atoms with Gasteiger partial charge < -0.3 is 18.7 Å². The van der Waals surface area contributed by atoms with Crippen molar-refractivity contribution in [2.24, 2.45) is 0 Å². The number of furan rings is 1. The van der Waals surface area contributed by atoms with Crippen LogP contribution in [0.2, 0.25) is 0 Å². The largest absolute Gasteiger partial charge is 0.463 e. The summed E-state index contributed by atoms with van der Waals surface area (Å²) in [6.45, 7) is 3.15. The highest BCUT2D eigenvalue weighted by Gasteiger charge is 2.17. The predicted octanol–water partition coefficient (Wildman–Crippen LogP) is 2.85. The summed E-state index contributed by atoms with van der Waals surface area (Å²) in [6, 6.07) is 8.23. The lowest BCUT2D eigenvalue weighted by atomic mass is 10.1. The number of aryl methyl sites for hydroxylation is 2. The van der Waals surface area contributed by atoms with E-state index in [4.69, 9.17) is 18.7 Å². The van der Waals surface area contributed by atoms with Gasteiger partial charge in [0.1, 0.15) is 35.9 Å². The van der Waals surface area contributed by atoms with Gasteiger partial charge in [-0.15, -0.1) is 0 Å². The van der Waals surface area contributed by atoms with Crippen molar-refractivity contribution in [3.63, 3.8) is 0 Å². The van der Waals surface area contributed by atoms with Gasteiger partial charge in [-0.3, -0.25) is 0 Å². The molecule has 6 heteroatoms. The SMILES string of the molecule is Cc1ccc2c(COC(=O)c3cc(CO)oc3C)cc(=O)oc2c1. The van der Waals surface area contributed by atoms with E-state index in [-0.39, 0.29) is 18.8 Å². The van der Waals surface area contributed by atoms with Crippen molar-refractivity contribution in [2.45, 2.75) is 27.1 Å². The molecule has 124 valence electrons. The minimum Gasteiger partial charge on any atom is -0.463 e. The molecule has 0 amide bonds. The van der Waals surface area contributed by atoms with Crippen molar-refractivity contribution >= 4 is 16.9 Å². The number of aliphatic hydroxyl groups excluding tert-OH is 1. The summed E-state index contributed by atoms with van der Waals surface area (Å²) in [5.74, 6) is 0.0855. The number of aliphatic hydroxyl groups is 1. The molecule has 0 atom stereocenters. The van der Waals surface area contributed by atoms with Gasteiger partial charge in [0.2, 0.25) is 0 Å². The third kappa shape index (κ3) is 3.09. The molecule has 0 saturated carbocycles. The predicted molar refractivity (Wildman–Crippen MR) is 85.7 cm³/mol. The molecule has 1 N–H and O–H groups in total. The van der Waals surface area contributed by atoms with Gasteiger partial charge in [0.25, 0.3) is 0 Å². The monoisotopic (exact) mass is 328 g/mol. The van der Waals surface area contributed by atoms with Gasteiger partial charge in [0.15, 0.2) is 0 Å². The van der Waals surface area contributed by atoms with Gasteiger partial charge >= 0.3 is 11.6 Å². The van der Waals surface area contributed by atoms with Crippen LogP contribution in [0, 0.1) is 13.8 Å². The van der Waals surface area contributed by atoms with Crippen LogP contribution in [0.5, 0.6) is 0 Å². The second kappa shape index (κ2) is 6.33. The minimum atomic E-state index is -0.579. The fraction of sp³-hybridized carbons (Fsp3) is 0.222. The molecule has 1 aromatic carbocycles. The second-order valence-electron chi connectivity index (χ2n) is 5.51. The van der Waals surface area contributed by atoms with Crippen LogP contribution in [-0.2, 0) is 18.0 Å². The van der Waals surface area contributed by atoms with E-state index in [1.807, 2.05) is 19.1 Å². The van der Waals surface area contributed by atoms with Crippen LogP contribution in [0.25, 0.3) is 11.0 Å². The molecule has 3 rings (SSSR count). The Hall–Kier alpha value is -2.86. The second-order valence-corrected chi connectivity index (χ2v) is 5.51. The summed E-state index contributed by atoms with van der Waals surface area (Å²) in [7, 11) is 0. The van der Waals surface area contributed by atoms with Crippen molar-refractivity contribution in [2.75, 3.05) is 0 Å². The van der Waals surface area contributed by atoms with Crippen LogP contribution in [0.3, 0.4) is 0 Å². The first-order valence-corrected chi connectivity index (χ1v) is 7.38. The van der Waals surface area contributed by atoms with Crippen LogP contribution in [0.1, 0.15) is 33.0 Å². The zero-order valence-electron chi connectivity index (χ0n) is 13.3. The van der Waals surface area contributed by atoms with E-state index >= 15 is 0 Å². The highest BCUT2D eigenvalue weighted by Crippen LogP contribution is 2.21. The Labute approximate surface area is 137 Å². The molecule has 0 fully saturated rings.